The van der Waals surface area contributed by atoms with Crippen LogP contribution in [0.3, 0.4) is 0 Å². The molecule has 0 unspecified atom stereocenters. The van der Waals surface area contributed by atoms with E-state index in [2.05, 4.69) is 10.6 Å². The number of ether oxygens (including phenoxy) is 1. The summed E-state index contributed by atoms with van der Waals surface area (Å²) in [6, 6.07) is 11.6. The summed E-state index contributed by atoms with van der Waals surface area (Å²) in [5, 5.41) is 16.5. The maximum Gasteiger partial charge on any atom is 0.293 e. The van der Waals surface area contributed by atoms with E-state index in [9.17, 15) is 14.9 Å². The van der Waals surface area contributed by atoms with Crippen molar-refractivity contribution in [3.63, 3.8) is 0 Å². The van der Waals surface area contributed by atoms with Gasteiger partial charge in [-0.25, -0.2) is 0 Å². The van der Waals surface area contributed by atoms with Crippen LogP contribution in [0.2, 0.25) is 0 Å². The predicted molar refractivity (Wildman–Crippen MR) is 86.8 cm³/mol. The maximum atomic E-state index is 12.2. The van der Waals surface area contributed by atoms with Crippen LogP contribution >= 0.6 is 0 Å². The molecule has 7 heteroatoms. The first-order valence-corrected chi connectivity index (χ1v) is 6.93. The third-order valence-electron chi connectivity index (χ3n) is 3.36. The molecule has 0 heterocycles. The lowest BCUT2D eigenvalue weighted by atomic mass is 10.1. The number of rotatable bonds is 6. The number of nitro groups is 1. The molecule has 0 saturated heterocycles. The fourth-order valence-electron chi connectivity index (χ4n) is 2.16. The molecule has 0 aliphatic heterocycles. The van der Waals surface area contributed by atoms with Gasteiger partial charge >= 0.3 is 0 Å². The summed E-state index contributed by atoms with van der Waals surface area (Å²) in [6.07, 6.45) is 0. The van der Waals surface area contributed by atoms with E-state index in [0.717, 1.165) is 5.56 Å². The van der Waals surface area contributed by atoms with Crippen LogP contribution in [-0.4, -0.2) is 25.0 Å². The minimum Gasteiger partial charge on any atom is -0.496 e. The van der Waals surface area contributed by atoms with Crippen LogP contribution in [0.4, 0.5) is 11.4 Å². The molecule has 2 N–H and O–H groups in total. The molecule has 2 rings (SSSR count). The minimum absolute atomic E-state index is 0.141. The molecule has 0 bridgehead atoms. The molecular weight excluding hydrogens is 298 g/mol. The van der Waals surface area contributed by atoms with E-state index in [1.807, 2.05) is 18.2 Å². The predicted octanol–water partition coefficient (Wildman–Crippen LogP) is 2.58. The molecule has 0 fully saturated rings. The molecule has 0 aliphatic rings. The van der Waals surface area contributed by atoms with Gasteiger partial charge in [-0.1, -0.05) is 18.2 Å². The number of hydrogen-bond donors (Lipinski definition) is 2. The smallest absolute Gasteiger partial charge is 0.293 e. The zero-order valence-electron chi connectivity index (χ0n) is 12.8. The topological polar surface area (TPSA) is 93.5 Å². The number of methoxy groups -OCH3 is 1. The molecule has 120 valence electrons. The zero-order chi connectivity index (χ0) is 16.8. The highest BCUT2D eigenvalue weighted by atomic mass is 16.6. The monoisotopic (exact) mass is 315 g/mol. The van der Waals surface area contributed by atoms with Crippen LogP contribution in [0.1, 0.15) is 15.9 Å². The molecule has 0 radical (unpaired) electrons. The number of amides is 1. The number of hydrogen-bond acceptors (Lipinski definition) is 5. The molecule has 0 saturated carbocycles. The summed E-state index contributed by atoms with van der Waals surface area (Å²) in [7, 11) is 3.14. The molecule has 0 aromatic heterocycles. The quantitative estimate of drug-likeness (QED) is 0.631. The van der Waals surface area contributed by atoms with E-state index in [0.29, 0.717) is 11.4 Å². The minimum atomic E-state index is -0.525. The second kappa shape index (κ2) is 7.26. The van der Waals surface area contributed by atoms with Crippen molar-refractivity contribution in [3.05, 3.63) is 63.7 Å². The van der Waals surface area contributed by atoms with Gasteiger partial charge in [0.25, 0.3) is 11.6 Å². The van der Waals surface area contributed by atoms with E-state index in [4.69, 9.17) is 4.74 Å². The third-order valence-corrected chi connectivity index (χ3v) is 3.36. The Hall–Kier alpha value is -3.09. The van der Waals surface area contributed by atoms with Crippen LogP contribution in [0.15, 0.2) is 42.5 Å². The molecular formula is C16H17N3O4. The Morgan fingerprint density at radius 2 is 2.00 bits per heavy atom. The number of nitrogens with one attached hydrogen (secondary N) is 2. The van der Waals surface area contributed by atoms with E-state index in [1.54, 1.807) is 20.2 Å². The summed E-state index contributed by atoms with van der Waals surface area (Å²) < 4.78 is 5.22. The first kappa shape index (κ1) is 16.3. The van der Waals surface area contributed by atoms with Gasteiger partial charge in [0, 0.05) is 30.8 Å². The third kappa shape index (κ3) is 3.76. The normalized spacial score (nSPS) is 10.0. The largest absolute Gasteiger partial charge is 0.496 e. The highest BCUT2D eigenvalue weighted by Gasteiger charge is 2.16. The number of carbonyl (C=O) groups excluding carboxylic acids is 1. The van der Waals surface area contributed by atoms with E-state index >= 15 is 0 Å². The number of nitrogens with zero attached hydrogens (tertiary/aromatic N) is 1. The van der Waals surface area contributed by atoms with Crippen LogP contribution in [0, 0.1) is 10.1 Å². The molecule has 23 heavy (non-hydrogen) atoms. The molecule has 0 aliphatic carbocycles. The Labute approximate surface area is 133 Å². The van der Waals surface area contributed by atoms with Gasteiger partial charge in [-0.15, -0.1) is 0 Å². The Bertz CT molecular complexity index is 731. The number of anilines is 1. The van der Waals surface area contributed by atoms with Gasteiger partial charge in [0.1, 0.15) is 11.4 Å². The Balaban J connectivity index is 2.15. The standard InChI is InChI=1S/C16H17N3O4/c1-17-13-8-7-11(9-14(13)19(21)22)16(20)18-10-12-5-3-4-6-15(12)23-2/h3-9,17H,10H2,1-2H3,(H,18,20). The van der Waals surface area contributed by atoms with Gasteiger partial charge in [-0.2, -0.15) is 0 Å². The van der Waals surface area contributed by atoms with Crippen LogP contribution < -0.4 is 15.4 Å². The Morgan fingerprint density at radius 1 is 1.26 bits per heavy atom. The average Bonchev–Trinajstić information content (AvgIpc) is 2.59. The Kier molecular flexibility index (Phi) is 5.14. The van der Waals surface area contributed by atoms with Gasteiger partial charge < -0.3 is 15.4 Å². The molecule has 0 spiro atoms. The first-order chi connectivity index (χ1) is 11.1. The number of benzene rings is 2. The fourth-order valence-corrected chi connectivity index (χ4v) is 2.16. The summed E-state index contributed by atoms with van der Waals surface area (Å²) in [5.41, 5.74) is 1.27. The van der Waals surface area contributed by atoms with E-state index in [-0.39, 0.29) is 23.7 Å². The van der Waals surface area contributed by atoms with Gasteiger partial charge in [0.2, 0.25) is 0 Å². The zero-order valence-corrected chi connectivity index (χ0v) is 12.8. The van der Waals surface area contributed by atoms with E-state index < -0.39 is 4.92 Å². The first-order valence-electron chi connectivity index (χ1n) is 6.93. The van der Waals surface area contributed by atoms with Crippen molar-refractivity contribution in [2.75, 3.05) is 19.5 Å². The summed E-state index contributed by atoms with van der Waals surface area (Å²) in [6.45, 7) is 0.268. The van der Waals surface area contributed by atoms with Crippen LogP contribution in [-0.2, 0) is 6.54 Å². The summed E-state index contributed by atoms with van der Waals surface area (Å²) >= 11 is 0. The molecule has 7 nitrogen and oxygen atoms in total. The van der Waals surface area contributed by atoms with Gasteiger partial charge in [0.15, 0.2) is 0 Å². The van der Waals surface area contributed by atoms with Gasteiger partial charge in [-0.3, -0.25) is 14.9 Å². The lowest BCUT2D eigenvalue weighted by Gasteiger charge is -2.10. The number of carbonyl (C=O) groups is 1. The van der Waals surface area contributed by atoms with Crippen molar-refractivity contribution in [2.24, 2.45) is 0 Å². The maximum absolute atomic E-state index is 12.2. The van der Waals surface area contributed by atoms with Gasteiger partial charge in [0.05, 0.1) is 12.0 Å². The number of nitro benzene ring substituents is 1. The van der Waals surface area contributed by atoms with E-state index in [1.165, 1.54) is 18.2 Å². The molecule has 0 atom stereocenters. The van der Waals surface area contributed by atoms with Crippen molar-refractivity contribution >= 4 is 17.3 Å². The molecule has 2 aromatic rings. The van der Waals surface area contributed by atoms with Crippen molar-refractivity contribution < 1.29 is 14.5 Å². The summed E-state index contributed by atoms with van der Waals surface area (Å²) in [4.78, 5) is 22.7. The molecule has 1 amide bonds. The highest BCUT2D eigenvalue weighted by molar-refractivity contribution is 5.95. The number of para-hydroxylation sites is 1. The lowest BCUT2D eigenvalue weighted by molar-refractivity contribution is -0.384. The van der Waals surface area contributed by atoms with Crippen LogP contribution in [0.5, 0.6) is 5.75 Å². The highest BCUT2D eigenvalue weighted by Crippen LogP contribution is 2.25. The Morgan fingerprint density at radius 3 is 2.65 bits per heavy atom. The average molecular weight is 315 g/mol. The van der Waals surface area contributed by atoms with Crippen molar-refractivity contribution in [1.82, 2.24) is 5.32 Å². The second-order valence-corrected chi connectivity index (χ2v) is 4.73. The second-order valence-electron chi connectivity index (χ2n) is 4.73. The molecule has 2 aromatic carbocycles. The summed E-state index contributed by atoms with van der Waals surface area (Å²) in [5.74, 6) is 0.283. The lowest BCUT2D eigenvalue weighted by Crippen LogP contribution is -2.23. The van der Waals surface area contributed by atoms with Crippen LogP contribution in [0.25, 0.3) is 0 Å². The van der Waals surface area contributed by atoms with Crippen molar-refractivity contribution in [3.8, 4) is 5.75 Å². The fraction of sp³-hybridized carbons (Fsp3) is 0.188. The van der Waals surface area contributed by atoms with Gasteiger partial charge in [-0.05, 0) is 18.2 Å². The SMILES string of the molecule is CNc1ccc(C(=O)NCc2ccccc2OC)cc1[N+](=O)[O-]. The van der Waals surface area contributed by atoms with Crippen molar-refractivity contribution in [1.29, 1.82) is 0 Å². The van der Waals surface area contributed by atoms with Crippen molar-refractivity contribution in [2.45, 2.75) is 6.54 Å².